The second-order valence-electron chi connectivity index (χ2n) is 4.30. The van der Waals surface area contributed by atoms with Gasteiger partial charge >= 0.3 is 0 Å². The minimum absolute atomic E-state index is 0.315. The number of aromatic nitrogens is 2. The van der Waals surface area contributed by atoms with Crippen LogP contribution in [0.1, 0.15) is 22.8 Å². The van der Waals surface area contributed by atoms with E-state index in [1.807, 2.05) is 20.2 Å². The maximum atomic E-state index is 13.2. The highest BCUT2D eigenvalue weighted by molar-refractivity contribution is 5.26. The lowest BCUT2D eigenvalue weighted by molar-refractivity contribution is 0.178. The Morgan fingerprint density at radius 2 is 2.18 bits per heavy atom. The monoisotopic (exact) mass is 234 g/mol. The van der Waals surface area contributed by atoms with Crippen molar-refractivity contribution in [1.29, 1.82) is 0 Å². The van der Waals surface area contributed by atoms with Gasteiger partial charge in [-0.1, -0.05) is 6.07 Å². The smallest absolute Gasteiger partial charge is 0.123 e. The zero-order valence-electron chi connectivity index (χ0n) is 9.89. The molecule has 0 fully saturated rings. The van der Waals surface area contributed by atoms with Crippen LogP contribution in [0.15, 0.2) is 30.6 Å². The van der Waals surface area contributed by atoms with E-state index in [0.717, 1.165) is 11.1 Å². The average Bonchev–Trinajstić information content (AvgIpc) is 2.62. The summed E-state index contributed by atoms with van der Waals surface area (Å²) in [5.74, 6) is -0.315. The van der Waals surface area contributed by atoms with E-state index in [2.05, 4.69) is 5.10 Å². The largest absolute Gasteiger partial charge is 0.388 e. The molecule has 1 heterocycles. The molecule has 0 saturated heterocycles. The van der Waals surface area contributed by atoms with Crippen molar-refractivity contribution in [2.75, 3.05) is 0 Å². The molecule has 17 heavy (non-hydrogen) atoms. The quantitative estimate of drug-likeness (QED) is 0.883. The van der Waals surface area contributed by atoms with Crippen molar-refractivity contribution in [2.45, 2.75) is 19.4 Å². The van der Waals surface area contributed by atoms with E-state index >= 15 is 0 Å². The molecule has 4 heteroatoms. The minimum atomic E-state index is -0.700. The second-order valence-corrected chi connectivity index (χ2v) is 4.30. The molecule has 0 radical (unpaired) electrons. The second kappa shape index (κ2) is 4.67. The van der Waals surface area contributed by atoms with Crippen LogP contribution in [0.25, 0.3) is 0 Å². The molecule has 2 aromatic rings. The van der Waals surface area contributed by atoms with Gasteiger partial charge in [0.25, 0.3) is 0 Å². The van der Waals surface area contributed by atoms with Crippen molar-refractivity contribution in [3.63, 3.8) is 0 Å². The number of aryl methyl sites for hydroxylation is 2. The van der Waals surface area contributed by atoms with E-state index in [4.69, 9.17) is 0 Å². The third-order valence-electron chi connectivity index (χ3n) is 2.64. The number of halogens is 1. The van der Waals surface area contributed by atoms with Crippen LogP contribution in [0.4, 0.5) is 4.39 Å². The van der Waals surface area contributed by atoms with Crippen LogP contribution in [0.3, 0.4) is 0 Å². The Bertz CT molecular complexity index is 502. The Morgan fingerprint density at radius 3 is 2.76 bits per heavy atom. The van der Waals surface area contributed by atoms with E-state index in [-0.39, 0.29) is 5.82 Å². The predicted octanol–water partition coefficient (Wildman–Crippen LogP) is 2.14. The Hall–Kier alpha value is -1.68. The highest BCUT2D eigenvalue weighted by Gasteiger charge is 2.11. The van der Waals surface area contributed by atoms with E-state index in [1.54, 1.807) is 16.9 Å². The molecule has 0 aliphatic rings. The molecule has 90 valence electrons. The van der Waals surface area contributed by atoms with Gasteiger partial charge in [-0.15, -0.1) is 0 Å². The molecule has 2 rings (SSSR count). The SMILES string of the molecule is Cc1cc(F)cc(C(O)Cc2cnn(C)c2)c1. The molecule has 0 bridgehead atoms. The maximum Gasteiger partial charge on any atom is 0.123 e. The fourth-order valence-corrected chi connectivity index (χ4v) is 1.88. The number of hydrogen-bond acceptors (Lipinski definition) is 2. The normalized spacial score (nSPS) is 12.7. The summed E-state index contributed by atoms with van der Waals surface area (Å²) in [7, 11) is 1.82. The molecule has 1 aromatic carbocycles. The topological polar surface area (TPSA) is 38.1 Å². The first-order chi connectivity index (χ1) is 8.04. The van der Waals surface area contributed by atoms with Gasteiger partial charge in [0.2, 0.25) is 0 Å². The number of nitrogens with zero attached hydrogens (tertiary/aromatic N) is 2. The van der Waals surface area contributed by atoms with Crippen LogP contribution in [0, 0.1) is 12.7 Å². The van der Waals surface area contributed by atoms with Crippen LogP contribution < -0.4 is 0 Å². The molecule has 0 aliphatic heterocycles. The highest BCUT2D eigenvalue weighted by atomic mass is 19.1. The Morgan fingerprint density at radius 1 is 1.41 bits per heavy atom. The number of aliphatic hydroxyl groups excluding tert-OH is 1. The predicted molar refractivity (Wildman–Crippen MR) is 63.0 cm³/mol. The van der Waals surface area contributed by atoms with Gasteiger partial charge in [-0.2, -0.15) is 5.10 Å². The summed E-state index contributed by atoms with van der Waals surface area (Å²) in [6, 6.07) is 4.61. The first-order valence-electron chi connectivity index (χ1n) is 5.47. The zero-order valence-corrected chi connectivity index (χ0v) is 9.89. The van der Waals surface area contributed by atoms with Gasteiger partial charge in [0.15, 0.2) is 0 Å². The summed E-state index contributed by atoms with van der Waals surface area (Å²) in [6.45, 7) is 1.81. The number of rotatable bonds is 3. The Kier molecular flexibility index (Phi) is 3.24. The first-order valence-corrected chi connectivity index (χ1v) is 5.47. The highest BCUT2D eigenvalue weighted by Crippen LogP contribution is 2.20. The maximum absolute atomic E-state index is 13.2. The molecule has 3 nitrogen and oxygen atoms in total. The Labute approximate surface area is 99.5 Å². The number of hydrogen-bond donors (Lipinski definition) is 1. The lowest BCUT2D eigenvalue weighted by Crippen LogP contribution is -2.02. The Balaban J connectivity index is 2.16. The molecular formula is C13H15FN2O. The first kappa shape index (κ1) is 11.8. The van der Waals surface area contributed by atoms with Crippen molar-refractivity contribution in [1.82, 2.24) is 9.78 Å². The average molecular weight is 234 g/mol. The minimum Gasteiger partial charge on any atom is -0.388 e. The number of benzene rings is 1. The van der Waals surface area contributed by atoms with Gasteiger partial charge < -0.3 is 5.11 Å². The van der Waals surface area contributed by atoms with Crippen LogP contribution in [0.5, 0.6) is 0 Å². The fraction of sp³-hybridized carbons (Fsp3) is 0.308. The summed E-state index contributed by atoms with van der Waals surface area (Å²) in [6.07, 6.45) is 3.29. The summed E-state index contributed by atoms with van der Waals surface area (Å²) >= 11 is 0. The molecule has 0 aliphatic carbocycles. The van der Waals surface area contributed by atoms with Crippen molar-refractivity contribution in [2.24, 2.45) is 7.05 Å². The van der Waals surface area contributed by atoms with Crippen LogP contribution in [-0.2, 0) is 13.5 Å². The number of aliphatic hydroxyl groups is 1. The molecule has 1 atom stereocenters. The van der Waals surface area contributed by atoms with Gasteiger partial charge in [0.05, 0.1) is 12.3 Å². The van der Waals surface area contributed by atoms with Crippen molar-refractivity contribution in [3.05, 3.63) is 53.1 Å². The lowest BCUT2D eigenvalue weighted by atomic mass is 10.0. The van der Waals surface area contributed by atoms with Gasteiger partial charge in [0, 0.05) is 19.7 Å². The van der Waals surface area contributed by atoms with E-state index in [9.17, 15) is 9.50 Å². The van der Waals surface area contributed by atoms with Gasteiger partial charge in [0.1, 0.15) is 5.82 Å². The standard InChI is InChI=1S/C13H15FN2O/c1-9-3-11(6-12(14)4-9)13(17)5-10-7-15-16(2)8-10/h3-4,6-8,13,17H,5H2,1-2H3. The molecule has 0 saturated carbocycles. The fourth-order valence-electron chi connectivity index (χ4n) is 1.88. The molecular weight excluding hydrogens is 219 g/mol. The molecule has 0 amide bonds. The van der Waals surface area contributed by atoms with Crippen molar-refractivity contribution < 1.29 is 9.50 Å². The summed E-state index contributed by atoms with van der Waals surface area (Å²) in [5, 5.41) is 14.1. The molecule has 1 aromatic heterocycles. The van der Waals surface area contributed by atoms with Gasteiger partial charge in [-0.25, -0.2) is 4.39 Å². The third-order valence-corrected chi connectivity index (χ3v) is 2.64. The van der Waals surface area contributed by atoms with Crippen LogP contribution in [0.2, 0.25) is 0 Å². The van der Waals surface area contributed by atoms with Crippen molar-refractivity contribution >= 4 is 0 Å². The molecule has 1 unspecified atom stereocenters. The zero-order chi connectivity index (χ0) is 12.4. The van der Waals surface area contributed by atoms with E-state index in [0.29, 0.717) is 12.0 Å². The van der Waals surface area contributed by atoms with Crippen LogP contribution in [-0.4, -0.2) is 14.9 Å². The molecule has 0 spiro atoms. The summed E-state index contributed by atoms with van der Waals surface area (Å²) in [5.41, 5.74) is 2.35. The van der Waals surface area contributed by atoms with Gasteiger partial charge in [-0.3, -0.25) is 4.68 Å². The van der Waals surface area contributed by atoms with E-state index < -0.39 is 6.10 Å². The van der Waals surface area contributed by atoms with Crippen LogP contribution >= 0.6 is 0 Å². The lowest BCUT2D eigenvalue weighted by Gasteiger charge is -2.10. The van der Waals surface area contributed by atoms with E-state index in [1.165, 1.54) is 12.1 Å². The third kappa shape index (κ3) is 2.91. The van der Waals surface area contributed by atoms with Gasteiger partial charge in [-0.05, 0) is 35.7 Å². The summed E-state index contributed by atoms with van der Waals surface area (Å²) < 4.78 is 14.9. The van der Waals surface area contributed by atoms with Crippen molar-refractivity contribution in [3.8, 4) is 0 Å². The molecule has 1 N–H and O–H groups in total. The summed E-state index contributed by atoms with van der Waals surface area (Å²) in [4.78, 5) is 0.